The van der Waals surface area contributed by atoms with E-state index in [-0.39, 0.29) is 0 Å². The molecular formula is C49H39N5P2. The van der Waals surface area contributed by atoms with Crippen molar-refractivity contribution < 1.29 is 0 Å². The summed E-state index contributed by atoms with van der Waals surface area (Å²) in [4.78, 5) is 7.66. The predicted octanol–water partition coefficient (Wildman–Crippen LogP) is 10.5. The second kappa shape index (κ2) is 15.7. The second-order valence-electron chi connectivity index (χ2n) is 13.4. The maximum Gasteiger partial charge on any atom is 0.162 e. The fourth-order valence-corrected chi connectivity index (χ4v) is 14.3. The quantitative estimate of drug-likeness (QED) is 0.141. The van der Waals surface area contributed by atoms with Gasteiger partial charge in [0, 0.05) is 37.2 Å². The molecule has 0 saturated carbocycles. The van der Waals surface area contributed by atoms with Gasteiger partial charge >= 0.3 is 0 Å². The fourth-order valence-electron chi connectivity index (χ4n) is 7.37. The summed E-state index contributed by atoms with van der Waals surface area (Å²) in [7, 11) is -5.22. The molecule has 8 aromatic carbocycles. The molecule has 0 fully saturated rings. The third-order valence-electron chi connectivity index (χ3n) is 9.97. The summed E-state index contributed by atoms with van der Waals surface area (Å²) in [5, 5.41) is 17.0. The third kappa shape index (κ3) is 6.52. The summed E-state index contributed by atoms with van der Waals surface area (Å²) in [6.07, 6.45) is 0. The van der Waals surface area contributed by atoms with Crippen molar-refractivity contribution >= 4 is 74.0 Å². The van der Waals surface area contributed by atoms with E-state index >= 15 is 0 Å². The number of hydrogen-bond donors (Lipinski definition) is 1. The molecule has 5 nitrogen and oxygen atoms in total. The van der Waals surface area contributed by atoms with Crippen LogP contribution in [0.15, 0.2) is 240 Å². The molecule has 0 aliphatic carbocycles. The molecule has 9 rings (SSSR count). The first-order chi connectivity index (χ1) is 27.8. The average molecular weight is 760 g/mol. The number of benzene rings is 8. The molecule has 0 saturated heterocycles. The molecule has 0 bridgehead atoms. The molecule has 56 heavy (non-hydrogen) atoms. The summed E-state index contributed by atoms with van der Waals surface area (Å²) >= 11 is 0. The maximum absolute atomic E-state index is 5.90. The Labute approximate surface area is 328 Å². The topological polar surface area (TPSA) is 54.6 Å². The number of nitrogens with zero attached hydrogens (tertiary/aromatic N) is 4. The molecule has 0 atom stereocenters. The van der Waals surface area contributed by atoms with Crippen LogP contribution in [0.4, 0.5) is 17.2 Å². The van der Waals surface area contributed by atoms with E-state index in [4.69, 9.17) is 14.7 Å². The van der Waals surface area contributed by atoms with Gasteiger partial charge in [-0.25, -0.2) is 0 Å². The molecule has 0 radical (unpaired) electrons. The van der Waals surface area contributed by atoms with E-state index in [1.807, 2.05) is 16.9 Å². The zero-order valence-electron chi connectivity index (χ0n) is 30.6. The molecular weight excluding hydrogens is 721 g/mol. The van der Waals surface area contributed by atoms with Crippen molar-refractivity contribution in [1.29, 1.82) is 0 Å². The minimum Gasteiger partial charge on any atom is -0.336 e. The molecule has 9 aromatic rings. The van der Waals surface area contributed by atoms with Gasteiger partial charge < -0.3 is 5.32 Å². The summed E-state index contributed by atoms with van der Waals surface area (Å²) in [6.45, 7) is 0. The van der Waals surface area contributed by atoms with Crippen LogP contribution in [0.3, 0.4) is 0 Å². The lowest BCUT2D eigenvalue weighted by molar-refractivity contribution is 0.772. The lowest BCUT2D eigenvalue weighted by Gasteiger charge is -2.27. The number of para-hydroxylation sites is 1. The van der Waals surface area contributed by atoms with E-state index in [1.54, 1.807) is 0 Å². The van der Waals surface area contributed by atoms with Crippen LogP contribution in [0, 0.1) is 0 Å². The molecule has 1 aromatic heterocycles. The number of fused-ring (bicyclic) bond motifs is 1. The minimum atomic E-state index is -2.66. The SMILES string of the molecule is c1ccc(P(=Nc2ccccc2Nc2c3ccccc3nn2N=P(c2ccccc2)(c2ccccc2)c2ccccc2)(c2ccccc2)c2ccccc2)cc1. The van der Waals surface area contributed by atoms with Crippen LogP contribution in [0.25, 0.3) is 10.9 Å². The van der Waals surface area contributed by atoms with E-state index in [0.717, 1.165) is 44.0 Å². The van der Waals surface area contributed by atoms with Crippen molar-refractivity contribution in [2.24, 2.45) is 9.60 Å². The van der Waals surface area contributed by atoms with Gasteiger partial charge in [0.15, 0.2) is 5.82 Å². The van der Waals surface area contributed by atoms with Crippen molar-refractivity contribution in [3.8, 4) is 0 Å². The summed E-state index contributed by atoms with van der Waals surface area (Å²) in [6, 6.07) is 80.8. The molecule has 0 aliphatic heterocycles. The largest absolute Gasteiger partial charge is 0.336 e. The summed E-state index contributed by atoms with van der Waals surface area (Å²) < 4.78 is 5.90. The van der Waals surface area contributed by atoms with Gasteiger partial charge in [0.2, 0.25) is 0 Å². The minimum absolute atomic E-state index is 0.776. The number of aromatic nitrogens is 2. The van der Waals surface area contributed by atoms with Crippen LogP contribution in [0.5, 0.6) is 0 Å². The molecule has 0 aliphatic rings. The van der Waals surface area contributed by atoms with E-state index in [1.165, 1.54) is 15.9 Å². The number of nitrogens with one attached hydrogen (secondary N) is 1. The molecule has 270 valence electrons. The van der Waals surface area contributed by atoms with Crippen LogP contribution >= 0.6 is 14.1 Å². The highest BCUT2D eigenvalue weighted by molar-refractivity contribution is 7.87. The maximum atomic E-state index is 5.90. The highest BCUT2D eigenvalue weighted by atomic mass is 31.2. The van der Waals surface area contributed by atoms with Crippen molar-refractivity contribution in [1.82, 2.24) is 9.89 Å². The van der Waals surface area contributed by atoms with Crippen LogP contribution in [-0.2, 0) is 0 Å². The molecule has 0 amide bonds. The van der Waals surface area contributed by atoms with Gasteiger partial charge in [0.05, 0.1) is 31.0 Å². The van der Waals surface area contributed by atoms with Gasteiger partial charge in [-0.2, -0.15) is 4.85 Å². The van der Waals surface area contributed by atoms with Gasteiger partial charge in [-0.05, 0) is 24.3 Å². The van der Waals surface area contributed by atoms with Gasteiger partial charge in [-0.3, -0.25) is 4.74 Å². The van der Waals surface area contributed by atoms with Gasteiger partial charge in [0.1, 0.15) is 0 Å². The lowest BCUT2D eigenvalue weighted by Crippen LogP contribution is -2.26. The second-order valence-corrected chi connectivity index (χ2v) is 19.4. The number of anilines is 2. The van der Waals surface area contributed by atoms with Gasteiger partial charge in [-0.1, -0.05) is 206 Å². The Hall–Kier alpha value is -6.51. The zero-order chi connectivity index (χ0) is 37.6. The Balaban J connectivity index is 1.32. The third-order valence-corrected chi connectivity index (χ3v) is 17.2. The highest BCUT2D eigenvalue weighted by Crippen LogP contribution is 2.51. The van der Waals surface area contributed by atoms with Crippen LogP contribution in [0.2, 0.25) is 0 Å². The first-order valence-electron chi connectivity index (χ1n) is 18.7. The Bertz CT molecular complexity index is 2620. The molecule has 0 unspecified atom stereocenters. The zero-order valence-corrected chi connectivity index (χ0v) is 32.4. The van der Waals surface area contributed by atoms with Crippen LogP contribution in [-0.4, -0.2) is 9.89 Å². The Morgan fingerprint density at radius 3 is 1.18 bits per heavy atom. The Morgan fingerprint density at radius 1 is 0.375 bits per heavy atom. The number of rotatable bonds is 10. The van der Waals surface area contributed by atoms with Gasteiger partial charge in [0.25, 0.3) is 0 Å². The predicted molar refractivity (Wildman–Crippen MR) is 240 cm³/mol. The van der Waals surface area contributed by atoms with E-state index in [9.17, 15) is 0 Å². The van der Waals surface area contributed by atoms with E-state index in [2.05, 4.69) is 224 Å². The lowest BCUT2D eigenvalue weighted by atomic mass is 10.2. The fraction of sp³-hybridized carbons (Fsp3) is 0. The molecule has 1 N–H and O–H groups in total. The average Bonchev–Trinajstić information content (AvgIpc) is 3.63. The molecule has 1 heterocycles. The normalized spacial score (nSPS) is 11.6. The number of hydrogen-bond acceptors (Lipinski definition) is 4. The van der Waals surface area contributed by atoms with Crippen molar-refractivity contribution in [2.75, 3.05) is 5.32 Å². The van der Waals surface area contributed by atoms with Crippen molar-refractivity contribution in [2.45, 2.75) is 0 Å². The van der Waals surface area contributed by atoms with Crippen molar-refractivity contribution in [3.63, 3.8) is 0 Å². The standard InChI is InChI=1S/C49H39N5P2/c1-7-23-39(24-8-1)55(40-25-9-2-10-26-40,41-27-11-3-12-28-41)52-48-38-22-21-37-47(48)50-49-45-35-19-20-36-46(45)51-54(49)53-56(42-29-13-4-14-30-42,43-31-15-5-16-32-43)44-33-17-6-18-34-44/h1-38,50H. The van der Waals surface area contributed by atoms with Crippen LogP contribution < -0.4 is 37.1 Å². The van der Waals surface area contributed by atoms with E-state index < -0.39 is 14.1 Å². The molecule has 7 heteroatoms. The summed E-state index contributed by atoms with van der Waals surface area (Å²) in [5.41, 5.74) is 2.56. The smallest absolute Gasteiger partial charge is 0.162 e. The van der Waals surface area contributed by atoms with Gasteiger partial charge in [-0.15, -0.1) is 9.89 Å². The van der Waals surface area contributed by atoms with E-state index in [0.29, 0.717) is 0 Å². The Morgan fingerprint density at radius 2 is 0.732 bits per heavy atom. The first-order valence-corrected chi connectivity index (χ1v) is 22.2. The monoisotopic (exact) mass is 759 g/mol. The Kier molecular flexibility index (Phi) is 9.86. The van der Waals surface area contributed by atoms with Crippen LogP contribution in [0.1, 0.15) is 0 Å². The summed E-state index contributed by atoms with van der Waals surface area (Å²) in [5.74, 6) is 0.776. The van der Waals surface area contributed by atoms with Crippen molar-refractivity contribution in [3.05, 3.63) is 231 Å². The highest BCUT2D eigenvalue weighted by Gasteiger charge is 2.30. The first kappa shape index (κ1) is 35.2. The molecule has 0 spiro atoms.